The Morgan fingerprint density at radius 3 is 1.64 bits per heavy atom. The van der Waals surface area contributed by atoms with Gasteiger partial charge in [-0.1, -0.05) is 20.3 Å². The minimum atomic E-state index is 0. The summed E-state index contributed by atoms with van der Waals surface area (Å²) in [5.41, 5.74) is 0. The number of hydrogen-bond donors (Lipinski definition) is 0. The Hall–Kier alpha value is 0.574. The van der Waals surface area contributed by atoms with Crippen molar-refractivity contribution >= 4 is 6.41 Å². The molecule has 83 valence electrons. The van der Waals surface area contributed by atoms with E-state index >= 15 is 0 Å². The van der Waals surface area contributed by atoms with E-state index in [9.17, 15) is 4.79 Å². The fourth-order valence-electron chi connectivity index (χ4n) is 0.985. The summed E-state index contributed by atoms with van der Waals surface area (Å²) in [7, 11) is 0. The maximum atomic E-state index is 9.96. The van der Waals surface area contributed by atoms with Gasteiger partial charge in [0.15, 0.2) is 0 Å². The van der Waals surface area contributed by atoms with Gasteiger partial charge in [0.25, 0.3) is 0 Å². The van der Waals surface area contributed by atoms with E-state index in [4.69, 9.17) is 0 Å². The van der Waals surface area contributed by atoms with E-state index in [1.807, 2.05) is 40.5 Å². The Balaban J connectivity index is -0.000000176. The van der Waals surface area contributed by atoms with Crippen molar-refractivity contribution in [2.75, 3.05) is 13.1 Å². The van der Waals surface area contributed by atoms with Crippen molar-refractivity contribution in [1.29, 1.82) is 0 Å². The number of nitrogens with zero attached hydrogens (tertiary/aromatic N) is 1. The molecule has 0 unspecified atom stereocenters. The van der Waals surface area contributed by atoms with Crippen LogP contribution < -0.4 is 0 Å². The fraction of sp³-hybridized carbons (Fsp3) is 0.818. The normalized spacial score (nSPS) is 13.6. The van der Waals surface area contributed by atoms with Gasteiger partial charge in [0, 0.05) is 32.7 Å². The molecule has 0 aliphatic carbocycles. The molecule has 0 spiro atoms. The van der Waals surface area contributed by atoms with Crippen LogP contribution in [0.4, 0.5) is 0 Å². The maximum Gasteiger partial charge on any atom is 0 e. The topological polar surface area (TPSA) is 20.3 Å². The molecule has 2 nitrogen and oxygen atoms in total. The zero-order chi connectivity index (χ0) is 10.5. The summed E-state index contributed by atoms with van der Waals surface area (Å²) < 4.78 is 0. The first-order chi connectivity index (χ1) is 6.35. The maximum absolute atomic E-state index is 9.96. The van der Waals surface area contributed by atoms with Crippen LogP contribution in [0.1, 0.15) is 47.0 Å². The Labute approximate surface area is 115 Å². The molecule has 1 aliphatic heterocycles. The molecular formula is C11H23NOY-2. The first-order valence-corrected chi connectivity index (χ1v) is 5.21. The second-order valence-electron chi connectivity index (χ2n) is 2.72. The molecule has 1 heterocycles. The first kappa shape index (κ1) is 20.0. The number of likely N-dealkylation sites (tertiary alicyclic amines) is 1. The molecule has 0 aromatic rings. The van der Waals surface area contributed by atoms with Crippen molar-refractivity contribution in [2.45, 2.75) is 47.0 Å². The third kappa shape index (κ3) is 15.1. The molecule has 0 aromatic heterocycles. The van der Waals surface area contributed by atoms with E-state index in [0.29, 0.717) is 0 Å². The third-order valence-electron chi connectivity index (χ3n) is 1.49. The van der Waals surface area contributed by atoms with E-state index in [2.05, 4.69) is 0 Å². The average molecular weight is 274 g/mol. The molecule has 1 fully saturated rings. The average Bonchev–Trinajstić information content (AvgIpc) is 2.23. The fourth-order valence-corrected chi connectivity index (χ4v) is 0.985. The van der Waals surface area contributed by atoms with Gasteiger partial charge in [-0.3, -0.25) is 0 Å². The van der Waals surface area contributed by atoms with Crippen molar-refractivity contribution in [1.82, 2.24) is 4.90 Å². The van der Waals surface area contributed by atoms with Gasteiger partial charge >= 0.3 is 0 Å². The summed E-state index contributed by atoms with van der Waals surface area (Å²) in [6.07, 6.45) is 7.49. The van der Waals surface area contributed by atoms with Crippen molar-refractivity contribution in [3.8, 4) is 0 Å². The van der Waals surface area contributed by atoms with Crippen LogP contribution >= 0.6 is 0 Å². The van der Waals surface area contributed by atoms with Gasteiger partial charge in [0.2, 0.25) is 0 Å². The molecule has 1 aliphatic rings. The Morgan fingerprint density at radius 1 is 1.07 bits per heavy atom. The molecule has 0 N–H and O–H groups in total. The number of rotatable bonds is 1. The van der Waals surface area contributed by atoms with E-state index in [0.717, 1.165) is 25.9 Å². The van der Waals surface area contributed by atoms with Crippen LogP contribution in [0.2, 0.25) is 0 Å². The van der Waals surface area contributed by atoms with Gasteiger partial charge in [-0.2, -0.15) is 20.3 Å². The van der Waals surface area contributed by atoms with Crippen LogP contribution in [-0.2, 0) is 37.5 Å². The van der Waals surface area contributed by atoms with E-state index in [-0.39, 0.29) is 32.7 Å². The molecule has 1 saturated heterocycles. The quantitative estimate of drug-likeness (QED) is 0.673. The monoisotopic (exact) mass is 274 g/mol. The molecule has 0 aromatic carbocycles. The van der Waals surface area contributed by atoms with Crippen LogP contribution in [0.15, 0.2) is 0 Å². The standard InChI is InChI=1S/C6H10NO.C3H7.C2H6.Y/c8-6-7-4-2-1-3-5-7;1-3-2;1-2;/h1-5H2;3H,1-2H3;1-2H3;/q2*-1;;. The van der Waals surface area contributed by atoms with Crippen molar-refractivity contribution in [2.24, 2.45) is 0 Å². The van der Waals surface area contributed by atoms with E-state index in [1.165, 1.54) is 6.42 Å². The Kier molecular flexibility index (Phi) is 27.5. The zero-order valence-corrected chi connectivity index (χ0v) is 12.9. The Bertz CT molecular complexity index is 93.3. The van der Waals surface area contributed by atoms with Crippen LogP contribution in [0.3, 0.4) is 0 Å². The predicted octanol–water partition coefficient (Wildman–Crippen LogP) is 2.79. The van der Waals surface area contributed by atoms with Crippen molar-refractivity contribution < 1.29 is 37.5 Å². The molecule has 0 saturated carbocycles. The molecule has 0 bridgehead atoms. The SMILES string of the molecule is CC.C[CH-]C.O=[C-]N1CCCCC1.[Y]. The molecule has 1 amide bonds. The Morgan fingerprint density at radius 2 is 1.43 bits per heavy atom. The van der Waals surface area contributed by atoms with Crippen LogP contribution in [0.25, 0.3) is 0 Å². The van der Waals surface area contributed by atoms with Crippen molar-refractivity contribution in [3.63, 3.8) is 0 Å². The minimum Gasteiger partial charge on any atom is -0.520 e. The molecule has 3 heteroatoms. The van der Waals surface area contributed by atoms with E-state index in [1.54, 1.807) is 4.90 Å². The van der Waals surface area contributed by atoms with Gasteiger partial charge < -0.3 is 16.1 Å². The summed E-state index contributed by atoms with van der Waals surface area (Å²) in [4.78, 5) is 11.7. The first-order valence-electron chi connectivity index (χ1n) is 5.21. The molecule has 1 rings (SSSR count). The second kappa shape index (κ2) is 19.2. The van der Waals surface area contributed by atoms with Crippen LogP contribution in [0.5, 0.6) is 0 Å². The van der Waals surface area contributed by atoms with Crippen LogP contribution in [0, 0.1) is 6.42 Å². The summed E-state index contributed by atoms with van der Waals surface area (Å²) in [5, 5.41) is 0. The summed E-state index contributed by atoms with van der Waals surface area (Å²) in [6, 6.07) is 0. The zero-order valence-electron chi connectivity index (χ0n) is 10.0. The number of piperidine rings is 1. The summed E-state index contributed by atoms with van der Waals surface area (Å²) >= 11 is 0. The number of hydrogen-bond acceptors (Lipinski definition) is 1. The molecular weight excluding hydrogens is 251 g/mol. The number of carbonyl (C=O) groups excluding carboxylic acids is 1. The smallest absolute Gasteiger partial charge is 0 e. The second-order valence-corrected chi connectivity index (χ2v) is 2.72. The van der Waals surface area contributed by atoms with Gasteiger partial charge in [-0.25, -0.2) is 0 Å². The van der Waals surface area contributed by atoms with Crippen molar-refractivity contribution in [3.05, 3.63) is 6.42 Å². The van der Waals surface area contributed by atoms with E-state index < -0.39 is 0 Å². The summed E-state index contributed by atoms with van der Waals surface area (Å²) in [5.74, 6) is 0. The van der Waals surface area contributed by atoms with Gasteiger partial charge in [-0.15, -0.1) is 0 Å². The predicted molar refractivity (Wildman–Crippen MR) is 58.1 cm³/mol. The third-order valence-corrected chi connectivity index (χ3v) is 1.49. The molecule has 14 heavy (non-hydrogen) atoms. The van der Waals surface area contributed by atoms with Gasteiger partial charge in [0.05, 0.1) is 0 Å². The van der Waals surface area contributed by atoms with Gasteiger partial charge in [-0.05, 0) is 25.9 Å². The molecule has 1 radical (unpaired) electrons. The minimum absolute atomic E-state index is 0. The summed E-state index contributed by atoms with van der Waals surface area (Å²) in [6.45, 7) is 9.84. The largest absolute Gasteiger partial charge is 0.520 e. The van der Waals surface area contributed by atoms with Crippen LogP contribution in [-0.4, -0.2) is 24.4 Å². The molecule has 0 atom stereocenters. The van der Waals surface area contributed by atoms with Gasteiger partial charge in [0.1, 0.15) is 0 Å². The number of amides is 1.